The van der Waals surface area contributed by atoms with Gasteiger partial charge in [0.2, 0.25) is 5.91 Å². The number of halogens is 1. The highest BCUT2D eigenvalue weighted by molar-refractivity contribution is 6.31. The summed E-state index contributed by atoms with van der Waals surface area (Å²) >= 11 is 5.81. The number of carbonyl (C=O) groups excluding carboxylic acids is 1. The van der Waals surface area contributed by atoms with E-state index in [4.69, 9.17) is 17.3 Å². The van der Waals surface area contributed by atoms with Gasteiger partial charge in [0.1, 0.15) is 6.10 Å². The van der Waals surface area contributed by atoms with Crippen molar-refractivity contribution >= 4 is 17.5 Å². The average Bonchev–Trinajstić information content (AvgIpc) is 2.08. The Labute approximate surface area is 81.1 Å². The van der Waals surface area contributed by atoms with E-state index >= 15 is 0 Å². The normalized spacial score (nSPS) is 12.5. The van der Waals surface area contributed by atoms with Crippen LogP contribution in [0.3, 0.4) is 0 Å². The van der Waals surface area contributed by atoms with Crippen molar-refractivity contribution < 1.29 is 9.90 Å². The maximum Gasteiger partial charge on any atom is 0.246 e. The second kappa shape index (κ2) is 4.25. The van der Waals surface area contributed by atoms with E-state index < -0.39 is 12.0 Å². The van der Waals surface area contributed by atoms with E-state index in [-0.39, 0.29) is 6.42 Å². The van der Waals surface area contributed by atoms with Gasteiger partial charge in [0, 0.05) is 11.4 Å². The first kappa shape index (κ1) is 10.0. The van der Waals surface area contributed by atoms with Gasteiger partial charge in [0.15, 0.2) is 0 Å². The van der Waals surface area contributed by atoms with Crippen LogP contribution in [0.2, 0.25) is 5.02 Å². The number of rotatable bonds is 3. The van der Waals surface area contributed by atoms with Crippen molar-refractivity contribution in [3.8, 4) is 0 Å². The highest BCUT2D eigenvalue weighted by Gasteiger charge is 2.12. The van der Waals surface area contributed by atoms with Crippen molar-refractivity contribution in [1.29, 1.82) is 0 Å². The third-order valence-corrected chi connectivity index (χ3v) is 2.07. The van der Waals surface area contributed by atoms with Gasteiger partial charge in [0.05, 0.1) is 0 Å². The quantitative estimate of drug-likeness (QED) is 0.754. The SMILES string of the molecule is NC(=O)C(O)Cc1ccccc1Cl. The van der Waals surface area contributed by atoms with E-state index in [1.165, 1.54) is 0 Å². The maximum atomic E-state index is 10.5. The lowest BCUT2D eigenvalue weighted by Gasteiger charge is -2.07. The molecule has 70 valence electrons. The van der Waals surface area contributed by atoms with Gasteiger partial charge in [-0.2, -0.15) is 0 Å². The topological polar surface area (TPSA) is 63.3 Å². The number of amides is 1. The Balaban J connectivity index is 2.74. The maximum absolute atomic E-state index is 10.5. The standard InChI is InChI=1S/C9H10ClNO2/c10-7-4-2-1-3-6(7)5-8(12)9(11)13/h1-4,8,12H,5H2,(H2,11,13). The summed E-state index contributed by atoms with van der Waals surface area (Å²) in [6, 6.07) is 7.01. The summed E-state index contributed by atoms with van der Waals surface area (Å²) in [6.07, 6.45) is -1.01. The van der Waals surface area contributed by atoms with Gasteiger partial charge in [-0.1, -0.05) is 29.8 Å². The van der Waals surface area contributed by atoms with Gasteiger partial charge in [-0.3, -0.25) is 4.79 Å². The number of aliphatic hydroxyl groups is 1. The Bertz CT molecular complexity index is 314. The fourth-order valence-electron chi connectivity index (χ4n) is 0.973. The first-order valence-corrected chi connectivity index (χ1v) is 4.20. The van der Waals surface area contributed by atoms with Crippen LogP contribution in [0.1, 0.15) is 5.56 Å². The second-order valence-electron chi connectivity index (χ2n) is 2.71. The fourth-order valence-corrected chi connectivity index (χ4v) is 1.19. The molecule has 1 amide bonds. The highest BCUT2D eigenvalue weighted by atomic mass is 35.5. The molecule has 4 heteroatoms. The van der Waals surface area contributed by atoms with Crippen molar-refractivity contribution in [3.63, 3.8) is 0 Å². The van der Waals surface area contributed by atoms with E-state index in [2.05, 4.69) is 0 Å². The zero-order chi connectivity index (χ0) is 9.84. The minimum Gasteiger partial charge on any atom is -0.383 e. The minimum atomic E-state index is -1.17. The molecule has 1 unspecified atom stereocenters. The molecule has 1 atom stereocenters. The molecular weight excluding hydrogens is 190 g/mol. The van der Waals surface area contributed by atoms with Gasteiger partial charge in [-0.15, -0.1) is 0 Å². The number of carbonyl (C=O) groups is 1. The minimum absolute atomic E-state index is 0.162. The third kappa shape index (κ3) is 2.72. The zero-order valence-corrected chi connectivity index (χ0v) is 7.66. The number of benzene rings is 1. The van der Waals surface area contributed by atoms with E-state index in [1.807, 2.05) is 0 Å². The Morgan fingerprint density at radius 3 is 2.69 bits per heavy atom. The van der Waals surface area contributed by atoms with Crippen molar-refractivity contribution in [1.82, 2.24) is 0 Å². The monoisotopic (exact) mass is 199 g/mol. The Hall–Kier alpha value is -1.06. The number of hydrogen-bond donors (Lipinski definition) is 2. The Morgan fingerprint density at radius 2 is 2.15 bits per heavy atom. The van der Waals surface area contributed by atoms with Crippen molar-refractivity contribution in [3.05, 3.63) is 34.9 Å². The molecule has 3 N–H and O–H groups in total. The number of hydrogen-bond acceptors (Lipinski definition) is 2. The van der Waals surface area contributed by atoms with Crippen LogP contribution in [0.25, 0.3) is 0 Å². The molecule has 3 nitrogen and oxygen atoms in total. The molecule has 0 aliphatic rings. The van der Waals surface area contributed by atoms with Crippen LogP contribution in [-0.2, 0) is 11.2 Å². The molecule has 0 aliphatic carbocycles. The third-order valence-electron chi connectivity index (χ3n) is 1.70. The summed E-state index contributed by atoms with van der Waals surface area (Å²) in [5.41, 5.74) is 5.62. The summed E-state index contributed by atoms with van der Waals surface area (Å²) < 4.78 is 0. The van der Waals surface area contributed by atoms with Crippen molar-refractivity contribution in [2.75, 3.05) is 0 Å². The molecule has 1 aromatic carbocycles. The lowest BCUT2D eigenvalue weighted by atomic mass is 10.1. The first-order chi connectivity index (χ1) is 6.11. The number of primary amides is 1. The molecule has 0 saturated heterocycles. The van der Waals surface area contributed by atoms with Gasteiger partial charge in [-0.25, -0.2) is 0 Å². The second-order valence-corrected chi connectivity index (χ2v) is 3.12. The summed E-state index contributed by atoms with van der Waals surface area (Å²) in [7, 11) is 0. The molecule has 0 aliphatic heterocycles. The summed E-state index contributed by atoms with van der Waals surface area (Å²) in [5, 5.41) is 9.70. The van der Waals surface area contributed by atoms with E-state index in [9.17, 15) is 9.90 Å². The first-order valence-electron chi connectivity index (χ1n) is 3.82. The molecule has 13 heavy (non-hydrogen) atoms. The smallest absolute Gasteiger partial charge is 0.246 e. The van der Waals surface area contributed by atoms with E-state index in [1.54, 1.807) is 24.3 Å². The van der Waals surface area contributed by atoms with Crippen molar-refractivity contribution in [2.45, 2.75) is 12.5 Å². The van der Waals surface area contributed by atoms with Crippen LogP contribution in [0.15, 0.2) is 24.3 Å². The average molecular weight is 200 g/mol. The predicted molar refractivity (Wildman–Crippen MR) is 50.4 cm³/mol. The van der Waals surface area contributed by atoms with Crippen molar-refractivity contribution in [2.24, 2.45) is 5.73 Å². The summed E-state index contributed by atoms with van der Waals surface area (Å²) in [4.78, 5) is 10.5. The van der Waals surface area contributed by atoms with E-state index in [0.717, 1.165) is 5.56 Å². The molecule has 0 aromatic heterocycles. The van der Waals surface area contributed by atoms with Crippen LogP contribution >= 0.6 is 11.6 Å². The lowest BCUT2D eigenvalue weighted by Crippen LogP contribution is -2.30. The van der Waals surface area contributed by atoms with Gasteiger partial charge < -0.3 is 10.8 Å². The molecule has 1 rings (SSSR count). The summed E-state index contributed by atoms with van der Waals surface area (Å²) in [6.45, 7) is 0. The Kier molecular flexibility index (Phi) is 3.28. The van der Waals surface area contributed by atoms with Crippen LogP contribution in [0.5, 0.6) is 0 Å². The van der Waals surface area contributed by atoms with E-state index in [0.29, 0.717) is 5.02 Å². The number of nitrogens with two attached hydrogens (primary N) is 1. The molecular formula is C9H10ClNO2. The Morgan fingerprint density at radius 1 is 1.54 bits per heavy atom. The summed E-state index contributed by atoms with van der Waals surface area (Å²) in [5.74, 6) is -0.736. The molecule has 0 radical (unpaired) electrons. The van der Waals surface area contributed by atoms with Gasteiger partial charge in [0.25, 0.3) is 0 Å². The molecule has 0 heterocycles. The van der Waals surface area contributed by atoms with Gasteiger partial charge in [-0.05, 0) is 11.6 Å². The van der Waals surface area contributed by atoms with Crippen LogP contribution in [0.4, 0.5) is 0 Å². The molecule has 0 spiro atoms. The highest BCUT2D eigenvalue weighted by Crippen LogP contribution is 2.16. The lowest BCUT2D eigenvalue weighted by molar-refractivity contribution is -0.125. The largest absolute Gasteiger partial charge is 0.383 e. The van der Waals surface area contributed by atoms with Crippen LogP contribution in [-0.4, -0.2) is 17.1 Å². The molecule has 0 saturated carbocycles. The fraction of sp³-hybridized carbons (Fsp3) is 0.222. The predicted octanol–water partition coefficient (Wildman–Crippen LogP) is 0.729. The molecule has 1 aromatic rings. The van der Waals surface area contributed by atoms with Crippen LogP contribution in [0, 0.1) is 0 Å². The number of aliphatic hydroxyl groups excluding tert-OH is 1. The molecule has 0 fully saturated rings. The van der Waals surface area contributed by atoms with Crippen LogP contribution < -0.4 is 5.73 Å². The molecule has 0 bridgehead atoms. The zero-order valence-electron chi connectivity index (χ0n) is 6.90. The van der Waals surface area contributed by atoms with Gasteiger partial charge >= 0.3 is 0 Å².